The minimum Gasteiger partial charge on any atom is -0.458 e. The van der Waals surface area contributed by atoms with Gasteiger partial charge in [0.05, 0.1) is 5.71 Å². The van der Waals surface area contributed by atoms with E-state index in [4.69, 9.17) is 4.74 Å². The maximum absolute atomic E-state index is 12.2. The summed E-state index contributed by atoms with van der Waals surface area (Å²) in [6, 6.07) is 0. The number of rotatable bonds is 1. The van der Waals surface area contributed by atoms with Gasteiger partial charge in [0.1, 0.15) is 5.60 Å². The van der Waals surface area contributed by atoms with Crippen LogP contribution in [0.3, 0.4) is 0 Å². The zero-order valence-electron chi connectivity index (χ0n) is 17.5. The van der Waals surface area contributed by atoms with Crippen LogP contribution in [-0.2, 0) is 9.53 Å². The predicted octanol–water partition coefficient (Wildman–Crippen LogP) is 4.96. The third-order valence-corrected chi connectivity index (χ3v) is 10.9. The Morgan fingerprint density at radius 2 is 1.97 bits per heavy atom. The van der Waals surface area contributed by atoms with Crippen molar-refractivity contribution < 1.29 is 14.7 Å². The molecule has 6 aliphatic carbocycles. The molecule has 1 spiro atoms. The lowest BCUT2D eigenvalue weighted by Gasteiger charge is -2.59. The van der Waals surface area contributed by atoms with Gasteiger partial charge in [-0.1, -0.05) is 17.7 Å². The van der Waals surface area contributed by atoms with E-state index in [-0.39, 0.29) is 17.0 Å². The zero-order chi connectivity index (χ0) is 19.5. The lowest BCUT2D eigenvalue weighted by molar-refractivity contribution is -0.177. The summed E-state index contributed by atoms with van der Waals surface area (Å²) in [5.41, 5.74) is 2.56. The quantitative estimate of drug-likeness (QED) is 0.388. The Hall–Kier alpha value is -1.32. The molecule has 4 heteroatoms. The van der Waals surface area contributed by atoms with Gasteiger partial charge in [-0.3, -0.25) is 4.79 Å². The molecule has 1 saturated heterocycles. The smallest absolute Gasteiger partial charge is 0.306 e. The number of carbonyl (C=O) groups excluding carboxylic acids is 1. The molecule has 1 aliphatic heterocycles. The molecule has 0 aromatic heterocycles. The molecule has 1 N–H and O–H groups in total. The average Bonchev–Trinajstić information content (AvgIpc) is 3.64. The summed E-state index contributed by atoms with van der Waals surface area (Å²) >= 11 is 0. The molecule has 9 atom stereocenters. The first kappa shape index (κ1) is 17.4. The fourth-order valence-corrected chi connectivity index (χ4v) is 9.72. The summed E-state index contributed by atoms with van der Waals surface area (Å²) < 4.78 is 6.27. The van der Waals surface area contributed by atoms with E-state index in [2.05, 4.69) is 18.2 Å². The molecule has 0 amide bonds. The molecule has 156 valence electrons. The van der Waals surface area contributed by atoms with Crippen molar-refractivity contribution in [2.45, 2.75) is 76.7 Å². The topological polar surface area (TPSA) is 58.9 Å². The molecule has 1 heterocycles. The van der Waals surface area contributed by atoms with Crippen LogP contribution in [0.1, 0.15) is 71.1 Å². The van der Waals surface area contributed by atoms with Crippen molar-refractivity contribution in [1.29, 1.82) is 0 Å². The van der Waals surface area contributed by atoms with E-state index < -0.39 is 0 Å². The van der Waals surface area contributed by atoms with E-state index in [9.17, 15) is 10.0 Å². The van der Waals surface area contributed by atoms with Gasteiger partial charge < -0.3 is 9.94 Å². The number of carbonyl (C=O) groups is 1. The zero-order valence-corrected chi connectivity index (χ0v) is 17.5. The van der Waals surface area contributed by atoms with Crippen molar-refractivity contribution >= 4 is 11.7 Å². The number of oxime groups is 1. The van der Waals surface area contributed by atoms with Crippen LogP contribution in [0.5, 0.6) is 0 Å². The summed E-state index contributed by atoms with van der Waals surface area (Å²) in [6.07, 6.45) is 13.9. The Kier molecular flexibility index (Phi) is 3.28. The maximum Gasteiger partial charge on any atom is 0.306 e. The predicted molar refractivity (Wildman–Crippen MR) is 108 cm³/mol. The summed E-state index contributed by atoms with van der Waals surface area (Å²) in [4.78, 5) is 12.2. The van der Waals surface area contributed by atoms with Crippen molar-refractivity contribution in [3.05, 3.63) is 11.6 Å². The van der Waals surface area contributed by atoms with Crippen molar-refractivity contribution in [3.8, 4) is 0 Å². The first-order valence-electron chi connectivity index (χ1n) is 12.2. The molecule has 5 saturated carbocycles. The summed E-state index contributed by atoms with van der Waals surface area (Å²) in [5.74, 6) is 6.32. The molecular formula is C25H33NO3. The van der Waals surface area contributed by atoms with Gasteiger partial charge in [-0.25, -0.2) is 0 Å². The molecule has 0 bridgehead atoms. The highest BCUT2D eigenvalue weighted by Crippen LogP contribution is 2.79. The fourth-order valence-electron chi connectivity index (χ4n) is 9.72. The van der Waals surface area contributed by atoms with E-state index in [0.29, 0.717) is 18.3 Å². The molecular weight excluding hydrogens is 362 g/mol. The molecule has 7 aliphatic rings. The second-order valence-electron chi connectivity index (χ2n) is 11.8. The second kappa shape index (κ2) is 5.48. The van der Waals surface area contributed by atoms with Crippen molar-refractivity contribution in [2.75, 3.05) is 0 Å². The highest BCUT2D eigenvalue weighted by molar-refractivity contribution is 5.96. The van der Waals surface area contributed by atoms with Crippen LogP contribution in [-0.4, -0.2) is 22.5 Å². The van der Waals surface area contributed by atoms with Crippen LogP contribution in [0.2, 0.25) is 0 Å². The minimum absolute atomic E-state index is 0.0651. The first-order valence-corrected chi connectivity index (χ1v) is 12.2. The number of hydrogen-bond donors (Lipinski definition) is 1. The van der Waals surface area contributed by atoms with E-state index in [1.54, 1.807) is 5.57 Å². The standard InChI is InChI=1S/C25H33NO3/c1-24-8-6-17-16-5-4-15(26-28)10-14(16)11-18(13-2-3-13)22(17)23(24)19-12-20(19)25(24)9-7-21(27)29-25/h10,13,16-20,22-23,28H,2-9,11-12H2,1H3/b26-15+/t16-,17?,18-,19-,20+,22?,23?,24-,25-/m0/s1. The van der Waals surface area contributed by atoms with Gasteiger partial charge in [0.2, 0.25) is 0 Å². The minimum atomic E-state index is -0.127. The van der Waals surface area contributed by atoms with Crippen LogP contribution in [0.25, 0.3) is 0 Å². The number of allylic oxidation sites excluding steroid dienone is 2. The number of fused-ring (bicyclic) bond motifs is 9. The Labute approximate surface area is 173 Å². The van der Waals surface area contributed by atoms with Gasteiger partial charge in [0, 0.05) is 17.8 Å². The van der Waals surface area contributed by atoms with Crippen LogP contribution < -0.4 is 0 Å². The normalized spacial score (nSPS) is 56.3. The molecule has 3 unspecified atom stereocenters. The summed E-state index contributed by atoms with van der Waals surface area (Å²) in [5, 5.41) is 12.9. The third kappa shape index (κ3) is 2.07. The van der Waals surface area contributed by atoms with Gasteiger partial charge in [-0.2, -0.15) is 0 Å². The van der Waals surface area contributed by atoms with Crippen molar-refractivity contribution in [2.24, 2.45) is 57.9 Å². The third-order valence-electron chi connectivity index (χ3n) is 10.9. The molecule has 0 aromatic carbocycles. The molecule has 6 fully saturated rings. The molecule has 7 rings (SSSR count). The van der Waals surface area contributed by atoms with Gasteiger partial charge in [0.25, 0.3) is 0 Å². The van der Waals surface area contributed by atoms with Gasteiger partial charge in [-0.15, -0.1) is 0 Å². The van der Waals surface area contributed by atoms with Gasteiger partial charge in [0.15, 0.2) is 0 Å². The Balaban J connectivity index is 1.30. The number of ether oxygens (including phenoxy) is 1. The molecule has 0 radical (unpaired) electrons. The average molecular weight is 396 g/mol. The van der Waals surface area contributed by atoms with E-state index in [1.807, 2.05) is 0 Å². The maximum atomic E-state index is 12.2. The summed E-state index contributed by atoms with van der Waals surface area (Å²) in [7, 11) is 0. The van der Waals surface area contributed by atoms with Crippen molar-refractivity contribution in [1.82, 2.24) is 0 Å². The SMILES string of the molecule is C[C@]12CCC3C(C1[C@H]1C[C@H]1[C@@]21CCC(=O)O1)[C@H](C1CC1)CC1=C/C(=N/O)CC[C@@H]13. The van der Waals surface area contributed by atoms with Gasteiger partial charge in [-0.05, 0) is 105 Å². The molecule has 29 heavy (non-hydrogen) atoms. The Morgan fingerprint density at radius 3 is 2.69 bits per heavy atom. The lowest BCUT2D eigenvalue weighted by atomic mass is 9.46. The van der Waals surface area contributed by atoms with Crippen molar-refractivity contribution in [3.63, 3.8) is 0 Å². The largest absolute Gasteiger partial charge is 0.458 e. The lowest BCUT2D eigenvalue weighted by Crippen LogP contribution is -2.57. The fraction of sp³-hybridized carbons (Fsp3) is 0.840. The van der Waals surface area contributed by atoms with Gasteiger partial charge >= 0.3 is 5.97 Å². The summed E-state index contributed by atoms with van der Waals surface area (Å²) in [6.45, 7) is 2.52. The van der Waals surface area contributed by atoms with Crippen LogP contribution in [0.4, 0.5) is 0 Å². The van der Waals surface area contributed by atoms with Crippen LogP contribution >= 0.6 is 0 Å². The van der Waals surface area contributed by atoms with Crippen LogP contribution in [0, 0.1) is 52.8 Å². The Morgan fingerprint density at radius 1 is 1.10 bits per heavy atom. The molecule has 0 aromatic rings. The highest BCUT2D eigenvalue weighted by Gasteiger charge is 2.79. The van der Waals surface area contributed by atoms with Crippen LogP contribution in [0.15, 0.2) is 16.8 Å². The number of hydrogen-bond acceptors (Lipinski definition) is 4. The molecule has 4 nitrogen and oxygen atoms in total. The highest BCUT2D eigenvalue weighted by atomic mass is 16.6. The second-order valence-corrected chi connectivity index (χ2v) is 11.8. The Bertz CT molecular complexity index is 843. The van der Waals surface area contributed by atoms with E-state index >= 15 is 0 Å². The van der Waals surface area contributed by atoms with E-state index in [1.165, 1.54) is 44.9 Å². The monoisotopic (exact) mass is 395 g/mol. The first-order chi connectivity index (χ1) is 14.1. The number of esters is 1. The van der Waals surface area contributed by atoms with E-state index in [0.717, 1.165) is 54.1 Å². The number of nitrogens with zero attached hydrogens (tertiary/aromatic N) is 1.